The van der Waals surface area contributed by atoms with Crippen LogP contribution < -0.4 is 0 Å². The molecule has 1 aliphatic heterocycles. The van der Waals surface area contributed by atoms with Gasteiger partial charge >= 0.3 is 5.92 Å². The molecule has 1 amide bonds. The van der Waals surface area contributed by atoms with E-state index in [2.05, 4.69) is 32.5 Å². The average molecular weight is 433 g/mol. The maximum atomic E-state index is 14.4. The lowest BCUT2D eigenvalue weighted by Gasteiger charge is -2.23. The molecule has 0 aliphatic carbocycles. The van der Waals surface area contributed by atoms with E-state index in [0.717, 1.165) is 17.8 Å². The van der Waals surface area contributed by atoms with Crippen molar-refractivity contribution in [2.45, 2.75) is 37.3 Å². The van der Waals surface area contributed by atoms with E-state index < -0.39 is 12.0 Å². The van der Waals surface area contributed by atoms with Crippen LogP contribution in [0.2, 0.25) is 0 Å². The fraction of sp³-hybridized carbons (Fsp3) is 0.400. The summed E-state index contributed by atoms with van der Waals surface area (Å²) in [6, 6.07) is 6.82. The zero-order valence-corrected chi connectivity index (χ0v) is 16.9. The summed E-state index contributed by atoms with van der Waals surface area (Å²) in [5.41, 5.74) is -0.257. The Hall–Kier alpha value is -2.77. The fourth-order valence-corrected chi connectivity index (χ4v) is 3.88. The van der Waals surface area contributed by atoms with E-state index in [1.54, 1.807) is 11.0 Å². The van der Waals surface area contributed by atoms with Crippen molar-refractivity contribution in [3.63, 3.8) is 0 Å². The number of thioether (sulfide) groups is 1. The quantitative estimate of drug-likeness (QED) is 0.491. The molecule has 1 saturated heterocycles. The van der Waals surface area contributed by atoms with Crippen molar-refractivity contribution >= 4 is 17.0 Å². The van der Waals surface area contributed by atoms with Gasteiger partial charge in [-0.3, -0.25) is 4.79 Å². The van der Waals surface area contributed by atoms with Crippen LogP contribution in [-0.4, -0.2) is 60.3 Å². The number of tetrazole rings is 1. The van der Waals surface area contributed by atoms with Gasteiger partial charge in [-0.25, -0.2) is 5.10 Å². The van der Waals surface area contributed by atoms with E-state index in [4.69, 9.17) is 0 Å². The zero-order chi connectivity index (χ0) is 21.4. The van der Waals surface area contributed by atoms with Gasteiger partial charge in [0.1, 0.15) is 11.9 Å². The van der Waals surface area contributed by atoms with Crippen molar-refractivity contribution in [2.24, 2.45) is 0 Å². The maximum absolute atomic E-state index is 14.4. The highest BCUT2D eigenvalue weighted by atomic mass is 32.2. The number of aliphatic hydroxyl groups excluding tert-OH is 1. The molecule has 2 N–H and O–H groups in total. The van der Waals surface area contributed by atoms with Crippen LogP contribution in [0.4, 0.5) is 13.6 Å². The molecular weight excluding hydrogens is 412 g/mol. The van der Waals surface area contributed by atoms with Gasteiger partial charge in [0.15, 0.2) is 0 Å². The first-order valence-electron chi connectivity index (χ1n) is 9.40. The van der Waals surface area contributed by atoms with Gasteiger partial charge in [0, 0.05) is 37.1 Å². The van der Waals surface area contributed by atoms with Crippen LogP contribution >= 0.6 is 11.8 Å². The number of carbonyl (C=O) groups is 1. The monoisotopic (exact) mass is 433 g/mol. The molecule has 0 saturated carbocycles. The van der Waals surface area contributed by atoms with Crippen LogP contribution in [-0.2, 0) is 12.3 Å². The molecule has 0 bridgehead atoms. The molecule has 10 heteroatoms. The summed E-state index contributed by atoms with van der Waals surface area (Å²) in [6.45, 7) is 0.392. The molecule has 158 valence electrons. The Labute approximate surface area is 176 Å². The average Bonchev–Trinajstić information content (AvgIpc) is 3.39. The van der Waals surface area contributed by atoms with Crippen LogP contribution in [0.25, 0.3) is 0 Å². The van der Waals surface area contributed by atoms with Crippen LogP contribution in [0.3, 0.4) is 0 Å². The Balaban J connectivity index is 1.51. The largest absolute Gasteiger partial charge is 0.382 e. The third kappa shape index (κ3) is 5.64. The zero-order valence-electron chi connectivity index (χ0n) is 16.0. The van der Waals surface area contributed by atoms with Gasteiger partial charge in [-0.15, -0.1) is 16.9 Å². The van der Waals surface area contributed by atoms with Crippen molar-refractivity contribution in [3.8, 4) is 11.8 Å². The number of benzene rings is 1. The lowest BCUT2D eigenvalue weighted by atomic mass is 10.0. The number of nitrogens with zero attached hydrogens (tertiary/aromatic N) is 4. The summed E-state index contributed by atoms with van der Waals surface area (Å²) in [4.78, 5) is 13.7. The first kappa shape index (κ1) is 21.9. The normalized spacial score (nSPS) is 17.9. The number of aliphatic hydroxyl groups is 1. The molecule has 1 aliphatic rings. The Morgan fingerprint density at radius 1 is 1.33 bits per heavy atom. The number of halogens is 2. The molecule has 30 heavy (non-hydrogen) atoms. The highest BCUT2D eigenvalue weighted by molar-refractivity contribution is 8.13. The Bertz CT molecular complexity index is 912. The molecule has 3 rings (SSSR count). The number of H-pyrrole nitrogens is 1. The molecule has 2 aromatic rings. The topological polar surface area (TPSA) is 95.0 Å². The molecule has 0 spiro atoms. The number of hydrogen-bond donors (Lipinski definition) is 2. The minimum Gasteiger partial charge on any atom is -0.382 e. The van der Waals surface area contributed by atoms with E-state index in [0.29, 0.717) is 37.4 Å². The first-order chi connectivity index (χ1) is 14.5. The molecule has 7 nitrogen and oxygen atoms in total. The van der Waals surface area contributed by atoms with E-state index in [1.807, 2.05) is 0 Å². The van der Waals surface area contributed by atoms with E-state index in [9.17, 15) is 18.7 Å². The van der Waals surface area contributed by atoms with Gasteiger partial charge in [0.25, 0.3) is 5.24 Å². The molecule has 2 unspecified atom stereocenters. The molecule has 1 aromatic heterocycles. The standard InChI is InChI=1S/C20H21F2N5O2S/c21-20(22,15-8-4-3-5-9-15)17(28)12-11-16-14-30-19(29)27(16)13-7-2-1-6-10-18-23-25-26-24-18/h3-5,8-9,11-12,16-17,28H,6-7,10,13-14H2,(H,23,24,25,26)/b12-11+. The second-order valence-corrected chi connectivity index (χ2v) is 7.58. The van der Waals surface area contributed by atoms with E-state index in [1.165, 1.54) is 30.3 Å². The van der Waals surface area contributed by atoms with Gasteiger partial charge in [0.2, 0.25) is 0 Å². The lowest BCUT2D eigenvalue weighted by Crippen LogP contribution is -2.34. The summed E-state index contributed by atoms with van der Waals surface area (Å²) in [6.07, 6.45) is 2.23. The second-order valence-electron chi connectivity index (χ2n) is 6.61. The van der Waals surface area contributed by atoms with Gasteiger partial charge in [0.05, 0.1) is 6.04 Å². The van der Waals surface area contributed by atoms with Crippen molar-refractivity contribution < 1.29 is 18.7 Å². The number of nitrogens with one attached hydrogen (secondary N) is 1. The number of carbonyl (C=O) groups excluding carboxylic acids is 1. The van der Waals surface area contributed by atoms with Crippen molar-refractivity contribution in [2.75, 3.05) is 12.3 Å². The van der Waals surface area contributed by atoms with Crippen molar-refractivity contribution in [1.82, 2.24) is 25.5 Å². The Morgan fingerprint density at radius 3 is 2.83 bits per heavy atom. The van der Waals surface area contributed by atoms with Crippen LogP contribution in [0.15, 0.2) is 42.5 Å². The number of amides is 1. The summed E-state index contributed by atoms with van der Waals surface area (Å²) >= 11 is 1.13. The lowest BCUT2D eigenvalue weighted by molar-refractivity contribution is -0.0929. The summed E-state index contributed by atoms with van der Waals surface area (Å²) < 4.78 is 28.8. The molecular formula is C20H21F2N5O2S. The van der Waals surface area contributed by atoms with Gasteiger partial charge in [-0.2, -0.15) is 8.78 Å². The third-order valence-corrected chi connectivity index (χ3v) is 5.53. The van der Waals surface area contributed by atoms with Crippen molar-refractivity contribution in [3.05, 3.63) is 53.9 Å². The van der Waals surface area contributed by atoms with Crippen LogP contribution in [0.5, 0.6) is 0 Å². The smallest absolute Gasteiger partial charge is 0.302 e. The molecule has 1 aromatic carbocycles. The molecule has 0 radical (unpaired) electrons. The number of aromatic amines is 1. The second kappa shape index (κ2) is 10.3. The van der Waals surface area contributed by atoms with E-state index >= 15 is 0 Å². The number of hydrogen-bond acceptors (Lipinski definition) is 6. The summed E-state index contributed by atoms with van der Waals surface area (Å²) in [5.74, 6) is 3.69. The van der Waals surface area contributed by atoms with Crippen LogP contribution in [0, 0.1) is 11.8 Å². The predicted octanol–water partition coefficient (Wildman–Crippen LogP) is 2.77. The number of aromatic nitrogens is 4. The number of alkyl halides is 2. The predicted molar refractivity (Wildman–Crippen MR) is 109 cm³/mol. The number of aryl methyl sites for hydroxylation is 1. The minimum atomic E-state index is -3.41. The maximum Gasteiger partial charge on any atom is 0.302 e. The highest BCUT2D eigenvalue weighted by Gasteiger charge is 2.39. The summed E-state index contributed by atoms with van der Waals surface area (Å²) in [5, 5.41) is 23.3. The Kier molecular flexibility index (Phi) is 7.54. The van der Waals surface area contributed by atoms with Crippen molar-refractivity contribution in [1.29, 1.82) is 0 Å². The fourth-order valence-electron chi connectivity index (χ4n) is 2.89. The third-order valence-electron chi connectivity index (χ3n) is 4.54. The highest BCUT2D eigenvalue weighted by Crippen LogP contribution is 2.33. The van der Waals surface area contributed by atoms with Gasteiger partial charge < -0.3 is 10.0 Å². The molecule has 1 fully saturated rings. The minimum absolute atomic E-state index is 0.122. The number of rotatable bonds is 8. The molecule has 2 atom stereocenters. The summed E-state index contributed by atoms with van der Waals surface area (Å²) in [7, 11) is 0. The van der Waals surface area contributed by atoms with Gasteiger partial charge in [-0.05, 0) is 10.4 Å². The van der Waals surface area contributed by atoms with Crippen LogP contribution in [0.1, 0.15) is 24.2 Å². The first-order valence-corrected chi connectivity index (χ1v) is 10.4. The molecule has 2 heterocycles. The SMILES string of the molecule is O=C1SCC(/C=C/C(O)C(F)(F)c2ccccc2)N1CCC#CCCc1nnn[nH]1. The Morgan fingerprint density at radius 2 is 2.10 bits per heavy atom. The van der Waals surface area contributed by atoms with E-state index in [-0.39, 0.29) is 16.8 Å². The van der Waals surface area contributed by atoms with Gasteiger partial charge in [-0.1, -0.05) is 54.2 Å².